The summed E-state index contributed by atoms with van der Waals surface area (Å²) >= 11 is 0. The largest absolute Gasteiger partial charge is 0.495 e. The number of anilines is 2. The Morgan fingerprint density at radius 2 is 2.00 bits per heavy atom. The molecule has 1 aromatic rings. The van der Waals surface area contributed by atoms with Gasteiger partial charge in [0.1, 0.15) is 5.75 Å². The maximum atomic E-state index is 11.1. The van der Waals surface area contributed by atoms with E-state index >= 15 is 0 Å². The molecule has 1 aliphatic carbocycles. The quantitative estimate of drug-likeness (QED) is 0.790. The Labute approximate surface area is 119 Å². The molecule has 0 atom stereocenters. The number of hydrogen-bond acceptors (Lipinski definition) is 4. The van der Waals surface area contributed by atoms with Gasteiger partial charge in [0.05, 0.1) is 18.9 Å². The van der Waals surface area contributed by atoms with Crippen molar-refractivity contribution >= 4 is 17.3 Å². The van der Waals surface area contributed by atoms with Crippen LogP contribution in [0.2, 0.25) is 0 Å². The second-order valence-electron chi connectivity index (χ2n) is 5.25. The molecule has 0 heterocycles. The highest BCUT2D eigenvalue weighted by Gasteiger charge is 2.20. The van der Waals surface area contributed by atoms with Crippen LogP contribution in [0.15, 0.2) is 18.2 Å². The highest BCUT2D eigenvalue weighted by molar-refractivity contribution is 5.89. The van der Waals surface area contributed by atoms with Crippen LogP contribution in [-0.2, 0) is 4.79 Å². The molecule has 0 spiro atoms. The summed E-state index contributed by atoms with van der Waals surface area (Å²) in [5.41, 5.74) is 1.62. The van der Waals surface area contributed by atoms with E-state index in [0.717, 1.165) is 42.8 Å². The van der Waals surface area contributed by atoms with E-state index in [1.165, 1.54) is 6.92 Å². The van der Waals surface area contributed by atoms with Gasteiger partial charge in [0.15, 0.2) is 0 Å². The number of aliphatic hydroxyl groups excluding tert-OH is 1. The number of nitrogens with one attached hydrogen (secondary N) is 2. The summed E-state index contributed by atoms with van der Waals surface area (Å²) in [6.45, 7) is 1.49. The van der Waals surface area contributed by atoms with Crippen LogP contribution in [0, 0.1) is 0 Å². The van der Waals surface area contributed by atoms with Crippen LogP contribution in [0.4, 0.5) is 11.4 Å². The SMILES string of the molecule is COc1ccc(NC(C)=O)cc1NC1CCC(O)CC1. The van der Waals surface area contributed by atoms with Crippen LogP contribution < -0.4 is 15.4 Å². The molecule has 3 N–H and O–H groups in total. The van der Waals surface area contributed by atoms with Crippen LogP contribution in [0.5, 0.6) is 5.75 Å². The lowest BCUT2D eigenvalue weighted by Crippen LogP contribution is -2.28. The summed E-state index contributed by atoms with van der Waals surface area (Å²) < 4.78 is 5.34. The number of amides is 1. The van der Waals surface area contributed by atoms with Crippen molar-refractivity contribution in [2.75, 3.05) is 17.7 Å². The minimum atomic E-state index is -0.166. The monoisotopic (exact) mass is 278 g/mol. The van der Waals surface area contributed by atoms with Gasteiger partial charge >= 0.3 is 0 Å². The topological polar surface area (TPSA) is 70.6 Å². The zero-order chi connectivity index (χ0) is 14.5. The third-order valence-electron chi connectivity index (χ3n) is 3.58. The minimum Gasteiger partial charge on any atom is -0.495 e. The van der Waals surface area contributed by atoms with Crippen molar-refractivity contribution in [2.45, 2.75) is 44.8 Å². The zero-order valence-electron chi connectivity index (χ0n) is 12.0. The van der Waals surface area contributed by atoms with Gasteiger partial charge in [0, 0.05) is 18.7 Å². The van der Waals surface area contributed by atoms with Gasteiger partial charge in [-0.1, -0.05) is 0 Å². The normalized spacial score (nSPS) is 22.1. The van der Waals surface area contributed by atoms with Gasteiger partial charge < -0.3 is 20.5 Å². The fourth-order valence-electron chi connectivity index (χ4n) is 2.54. The average molecular weight is 278 g/mol. The van der Waals surface area contributed by atoms with Gasteiger partial charge in [-0.2, -0.15) is 0 Å². The minimum absolute atomic E-state index is 0.0955. The van der Waals surface area contributed by atoms with E-state index in [2.05, 4.69) is 10.6 Å². The summed E-state index contributed by atoms with van der Waals surface area (Å²) in [6.07, 6.45) is 3.36. The average Bonchev–Trinajstić information content (AvgIpc) is 2.41. The number of benzene rings is 1. The van der Waals surface area contributed by atoms with Crippen molar-refractivity contribution in [2.24, 2.45) is 0 Å². The Bertz CT molecular complexity index is 468. The van der Waals surface area contributed by atoms with Crippen LogP contribution >= 0.6 is 0 Å². The molecule has 1 saturated carbocycles. The van der Waals surface area contributed by atoms with E-state index < -0.39 is 0 Å². The number of aliphatic hydroxyl groups is 1. The Morgan fingerprint density at radius 1 is 1.30 bits per heavy atom. The van der Waals surface area contributed by atoms with Gasteiger partial charge in [-0.05, 0) is 43.9 Å². The molecule has 0 bridgehead atoms. The van der Waals surface area contributed by atoms with Crippen molar-refractivity contribution < 1.29 is 14.6 Å². The molecule has 1 aromatic carbocycles. The Kier molecular flexibility index (Phi) is 4.84. The fourth-order valence-corrected chi connectivity index (χ4v) is 2.54. The Hall–Kier alpha value is -1.75. The van der Waals surface area contributed by atoms with Crippen LogP contribution in [0.1, 0.15) is 32.6 Å². The molecule has 1 aliphatic rings. The van der Waals surface area contributed by atoms with Crippen molar-refractivity contribution in [1.29, 1.82) is 0 Å². The van der Waals surface area contributed by atoms with Gasteiger partial charge in [0.25, 0.3) is 0 Å². The maximum Gasteiger partial charge on any atom is 0.221 e. The maximum absolute atomic E-state index is 11.1. The Morgan fingerprint density at radius 3 is 2.60 bits per heavy atom. The number of ether oxygens (including phenoxy) is 1. The lowest BCUT2D eigenvalue weighted by atomic mass is 9.93. The fraction of sp³-hybridized carbons (Fsp3) is 0.533. The molecule has 0 saturated heterocycles. The first kappa shape index (κ1) is 14.7. The number of carbonyl (C=O) groups excluding carboxylic acids is 1. The van der Waals surface area contributed by atoms with E-state index in [-0.39, 0.29) is 12.0 Å². The van der Waals surface area contributed by atoms with E-state index in [1.54, 1.807) is 7.11 Å². The summed E-state index contributed by atoms with van der Waals surface area (Å²) in [7, 11) is 1.63. The lowest BCUT2D eigenvalue weighted by Gasteiger charge is -2.27. The first-order chi connectivity index (χ1) is 9.58. The van der Waals surface area contributed by atoms with Crippen molar-refractivity contribution in [1.82, 2.24) is 0 Å². The first-order valence-corrected chi connectivity index (χ1v) is 6.98. The highest BCUT2D eigenvalue weighted by atomic mass is 16.5. The predicted molar refractivity (Wildman–Crippen MR) is 79.2 cm³/mol. The third-order valence-corrected chi connectivity index (χ3v) is 3.58. The van der Waals surface area contributed by atoms with E-state index in [4.69, 9.17) is 4.74 Å². The molecule has 5 heteroatoms. The van der Waals surface area contributed by atoms with Crippen molar-refractivity contribution in [3.63, 3.8) is 0 Å². The predicted octanol–water partition coefficient (Wildman–Crippen LogP) is 2.37. The molecular weight excluding hydrogens is 256 g/mol. The highest BCUT2D eigenvalue weighted by Crippen LogP contribution is 2.31. The molecule has 0 radical (unpaired) electrons. The summed E-state index contributed by atoms with van der Waals surface area (Å²) in [5, 5.41) is 15.8. The molecule has 0 unspecified atom stereocenters. The smallest absolute Gasteiger partial charge is 0.221 e. The molecular formula is C15H22N2O3. The third kappa shape index (κ3) is 3.87. The number of rotatable bonds is 4. The molecule has 20 heavy (non-hydrogen) atoms. The molecule has 0 aliphatic heterocycles. The van der Waals surface area contributed by atoms with Gasteiger partial charge in [-0.15, -0.1) is 0 Å². The standard InChI is InChI=1S/C15H22N2O3/c1-10(18)16-12-5-8-15(20-2)14(9-12)17-11-3-6-13(19)7-4-11/h5,8-9,11,13,17,19H,3-4,6-7H2,1-2H3,(H,16,18). The van der Waals surface area contributed by atoms with Crippen LogP contribution in [-0.4, -0.2) is 30.3 Å². The van der Waals surface area contributed by atoms with Gasteiger partial charge in [-0.25, -0.2) is 0 Å². The second kappa shape index (κ2) is 6.61. The second-order valence-corrected chi connectivity index (χ2v) is 5.25. The molecule has 0 aromatic heterocycles. The zero-order valence-corrected chi connectivity index (χ0v) is 12.0. The number of methoxy groups -OCH3 is 1. The molecule has 1 amide bonds. The number of carbonyl (C=O) groups is 1. The molecule has 1 fully saturated rings. The van der Waals surface area contributed by atoms with Crippen LogP contribution in [0.3, 0.4) is 0 Å². The van der Waals surface area contributed by atoms with Gasteiger partial charge in [0.2, 0.25) is 5.91 Å². The number of hydrogen-bond donors (Lipinski definition) is 3. The molecule has 110 valence electrons. The summed E-state index contributed by atoms with van der Waals surface area (Å²) in [6, 6.07) is 5.87. The van der Waals surface area contributed by atoms with Crippen LogP contribution in [0.25, 0.3) is 0 Å². The summed E-state index contributed by atoms with van der Waals surface area (Å²) in [4.78, 5) is 11.1. The van der Waals surface area contributed by atoms with Gasteiger partial charge in [-0.3, -0.25) is 4.79 Å². The Balaban J connectivity index is 2.09. The van der Waals surface area contributed by atoms with E-state index in [9.17, 15) is 9.90 Å². The van der Waals surface area contributed by atoms with Crippen molar-refractivity contribution in [3.8, 4) is 5.75 Å². The first-order valence-electron chi connectivity index (χ1n) is 6.98. The van der Waals surface area contributed by atoms with E-state index in [1.807, 2.05) is 18.2 Å². The molecule has 5 nitrogen and oxygen atoms in total. The van der Waals surface area contributed by atoms with Crippen molar-refractivity contribution in [3.05, 3.63) is 18.2 Å². The molecule has 2 rings (SSSR count). The lowest BCUT2D eigenvalue weighted by molar-refractivity contribution is -0.114. The van der Waals surface area contributed by atoms with E-state index in [0.29, 0.717) is 6.04 Å². The summed E-state index contributed by atoms with van der Waals surface area (Å²) in [5.74, 6) is 0.659.